The first-order valence-electron chi connectivity index (χ1n) is 5.22. The molecule has 0 aromatic rings. The highest BCUT2D eigenvalue weighted by molar-refractivity contribution is 9.10. The van der Waals surface area contributed by atoms with Gasteiger partial charge in [-0.25, -0.2) is 0 Å². The van der Waals surface area contributed by atoms with Crippen molar-refractivity contribution < 1.29 is 0 Å². The average molecular weight is 311 g/mol. The van der Waals surface area contributed by atoms with E-state index in [0.717, 1.165) is 11.8 Å². The lowest BCUT2D eigenvalue weighted by Gasteiger charge is -2.66. The third-order valence-electron chi connectivity index (χ3n) is 4.42. The van der Waals surface area contributed by atoms with Gasteiger partial charge in [-0.1, -0.05) is 15.9 Å². The normalized spacial score (nSPS) is 59.1. The molecule has 0 aromatic carbocycles. The first-order chi connectivity index (χ1) is 6.36. The van der Waals surface area contributed by atoms with Crippen molar-refractivity contribution in [3.8, 4) is 0 Å². The summed E-state index contributed by atoms with van der Waals surface area (Å²) in [6, 6.07) is 0. The third kappa shape index (κ3) is 1.12. The quantitative estimate of drug-likeness (QED) is 0.340. The van der Waals surface area contributed by atoms with E-state index in [9.17, 15) is 0 Å². The minimum Gasteiger partial charge on any atom is -0.170 e. The van der Waals surface area contributed by atoms with Crippen molar-refractivity contribution in [2.24, 2.45) is 11.8 Å². The summed E-state index contributed by atoms with van der Waals surface area (Å²) in [5.41, 5.74) is 0. The minimum atomic E-state index is -0.253. The summed E-state index contributed by atoms with van der Waals surface area (Å²) in [6.45, 7) is 0. The molecule has 4 bridgehead atoms. The van der Waals surface area contributed by atoms with Crippen LogP contribution in [-0.2, 0) is 0 Å². The van der Waals surface area contributed by atoms with Crippen LogP contribution < -0.4 is 0 Å². The van der Waals surface area contributed by atoms with E-state index in [1.165, 1.54) is 32.1 Å². The first kappa shape index (κ1) is 10.7. The fraction of sp³-hybridized carbons (Fsp3) is 1.00. The summed E-state index contributed by atoms with van der Waals surface area (Å²) >= 11 is 18.4. The molecule has 4 heteroatoms. The molecule has 2 unspecified atom stereocenters. The van der Waals surface area contributed by atoms with Gasteiger partial charge < -0.3 is 0 Å². The predicted molar refractivity (Wildman–Crippen MR) is 74.1 cm³/mol. The molecule has 0 amide bonds. The molecule has 2 atom stereocenters. The van der Waals surface area contributed by atoms with Gasteiger partial charge in [0.15, 0.2) is 0 Å². The highest BCUT2D eigenvalue weighted by Crippen LogP contribution is 2.70. The van der Waals surface area contributed by atoms with Gasteiger partial charge in [-0.3, -0.25) is 0 Å². The fourth-order valence-corrected chi connectivity index (χ4v) is 6.88. The Morgan fingerprint density at radius 2 is 1.43 bits per heavy atom. The van der Waals surface area contributed by atoms with Crippen LogP contribution in [0.5, 0.6) is 0 Å². The molecule has 80 valence electrons. The van der Waals surface area contributed by atoms with Crippen molar-refractivity contribution in [2.45, 2.75) is 45.3 Å². The number of rotatable bonds is 0. The van der Waals surface area contributed by atoms with Crippen molar-refractivity contribution in [3.05, 3.63) is 0 Å². The molecule has 0 N–H and O–H groups in total. The molecule has 4 aliphatic rings. The molecule has 0 radical (unpaired) electrons. The SMILES string of the molecule is SC12CC3CC(C1)CC(Br)(C3)C2(S)S. The van der Waals surface area contributed by atoms with Gasteiger partial charge in [-0.2, -0.15) is 37.9 Å². The second-order valence-electron chi connectivity index (χ2n) is 5.45. The number of thiol groups is 3. The number of halogens is 1. The van der Waals surface area contributed by atoms with Crippen LogP contribution in [-0.4, -0.2) is 13.2 Å². The van der Waals surface area contributed by atoms with Gasteiger partial charge in [0.25, 0.3) is 0 Å². The van der Waals surface area contributed by atoms with E-state index in [0.29, 0.717) is 0 Å². The van der Waals surface area contributed by atoms with Crippen LogP contribution in [0.3, 0.4) is 0 Å². The van der Waals surface area contributed by atoms with E-state index in [1.807, 2.05) is 0 Å². The zero-order valence-corrected chi connectivity index (χ0v) is 12.2. The largest absolute Gasteiger partial charge is 0.170 e. The highest BCUT2D eigenvalue weighted by Gasteiger charge is 2.67. The molecular formula is C10H15BrS3. The van der Waals surface area contributed by atoms with E-state index in [1.54, 1.807) is 0 Å². The van der Waals surface area contributed by atoms with Crippen molar-refractivity contribution in [1.82, 2.24) is 0 Å². The Kier molecular flexibility index (Phi) is 2.17. The molecule has 0 spiro atoms. The zero-order chi connectivity index (χ0) is 10.2. The lowest BCUT2D eigenvalue weighted by Crippen LogP contribution is -2.67. The number of hydrogen-bond acceptors (Lipinski definition) is 3. The molecule has 0 aromatic heterocycles. The van der Waals surface area contributed by atoms with E-state index in [4.69, 9.17) is 37.9 Å². The standard InChI is InChI=1S/C10H15BrS3/c11-8-2-6-1-7(3-8)5-9(12,4-6)10(8,13)14/h6-7,12-14H,1-5H2. The van der Waals surface area contributed by atoms with Crippen molar-refractivity contribution in [3.63, 3.8) is 0 Å². The van der Waals surface area contributed by atoms with Crippen LogP contribution in [0.15, 0.2) is 0 Å². The van der Waals surface area contributed by atoms with Crippen LogP contribution in [0.25, 0.3) is 0 Å². The lowest BCUT2D eigenvalue weighted by molar-refractivity contribution is 0.0588. The second-order valence-corrected chi connectivity index (χ2v) is 9.52. The molecule has 0 saturated heterocycles. The molecule has 4 aliphatic carbocycles. The highest BCUT2D eigenvalue weighted by atomic mass is 79.9. The van der Waals surface area contributed by atoms with Gasteiger partial charge >= 0.3 is 0 Å². The van der Waals surface area contributed by atoms with Crippen LogP contribution in [0.1, 0.15) is 32.1 Å². The van der Waals surface area contributed by atoms with Gasteiger partial charge in [0.1, 0.15) is 0 Å². The Hall–Kier alpha value is 1.53. The number of alkyl halides is 1. The first-order valence-corrected chi connectivity index (χ1v) is 7.36. The Morgan fingerprint density at radius 1 is 0.929 bits per heavy atom. The Balaban J connectivity index is 2.10. The maximum Gasteiger partial charge on any atom is 0.0848 e. The van der Waals surface area contributed by atoms with Crippen LogP contribution in [0, 0.1) is 11.8 Å². The topological polar surface area (TPSA) is 0 Å². The Labute approximate surface area is 110 Å². The summed E-state index contributed by atoms with van der Waals surface area (Å²) in [7, 11) is 0. The maximum atomic E-state index is 4.90. The van der Waals surface area contributed by atoms with Gasteiger partial charge in [0.2, 0.25) is 0 Å². The van der Waals surface area contributed by atoms with Crippen LogP contribution in [0.2, 0.25) is 0 Å². The maximum absolute atomic E-state index is 4.90. The minimum absolute atomic E-state index is 0.0345. The monoisotopic (exact) mass is 310 g/mol. The average Bonchev–Trinajstić information content (AvgIpc) is 1.98. The molecule has 0 heterocycles. The van der Waals surface area contributed by atoms with E-state index in [2.05, 4.69) is 15.9 Å². The summed E-state index contributed by atoms with van der Waals surface area (Å²) in [6.07, 6.45) is 6.28. The molecule has 4 fully saturated rings. The predicted octanol–water partition coefficient (Wildman–Crippen LogP) is 3.57. The molecule has 4 saturated carbocycles. The molecule has 0 aliphatic heterocycles. The molecule has 0 nitrogen and oxygen atoms in total. The smallest absolute Gasteiger partial charge is 0.0848 e. The fourth-order valence-electron chi connectivity index (χ4n) is 3.97. The molecule has 4 rings (SSSR count). The summed E-state index contributed by atoms with van der Waals surface area (Å²) in [5, 5.41) is 0. The van der Waals surface area contributed by atoms with Crippen molar-refractivity contribution in [2.75, 3.05) is 0 Å². The summed E-state index contributed by atoms with van der Waals surface area (Å²) in [5.74, 6) is 1.71. The van der Waals surface area contributed by atoms with Gasteiger partial charge in [-0.15, -0.1) is 0 Å². The van der Waals surface area contributed by atoms with Gasteiger partial charge in [-0.05, 0) is 43.9 Å². The molecular weight excluding hydrogens is 296 g/mol. The second kappa shape index (κ2) is 2.85. The Bertz CT molecular complexity index is 251. The number of hydrogen-bond donors (Lipinski definition) is 3. The van der Waals surface area contributed by atoms with E-state index >= 15 is 0 Å². The lowest BCUT2D eigenvalue weighted by atomic mass is 9.55. The van der Waals surface area contributed by atoms with Gasteiger partial charge in [0.05, 0.1) is 8.40 Å². The zero-order valence-electron chi connectivity index (χ0n) is 7.91. The third-order valence-corrected chi connectivity index (χ3v) is 9.04. The summed E-state index contributed by atoms with van der Waals surface area (Å²) < 4.78 is -0.0958. The summed E-state index contributed by atoms with van der Waals surface area (Å²) in [4.78, 5) is 0. The molecule has 14 heavy (non-hydrogen) atoms. The van der Waals surface area contributed by atoms with E-state index < -0.39 is 0 Å². The Morgan fingerprint density at radius 3 is 1.86 bits per heavy atom. The van der Waals surface area contributed by atoms with Gasteiger partial charge in [0, 0.05) is 4.75 Å². The van der Waals surface area contributed by atoms with E-state index in [-0.39, 0.29) is 13.2 Å². The van der Waals surface area contributed by atoms with Crippen LogP contribution in [0.4, 0.5) is 0 Å². The van der Waals surface area contributed by atoms with Crippen LogP contribution >= 0.6 is 53.8 Å². The van der Waals surface area contributed by atoms with Crippen molar-refractivity contribution >= 4 is 53.8 Å². The van der Waals surface area contributed by atoms with Crippen molar-refractivity contribution in [1.29, 1.82) is 0 Å².